The maximum absolute atomic E-state index is 13.2. The first-order valence-corrected chi connectivity index (χ1v) is 10.1. The van der Waals surface area contributed by atoms with Crippen LogP contribution < -0.4 is 15.4 Å². The largest absolute Gasteiger partial charge is 0.492 e. The second-order valence-corrected chi connectivity index (χ2v) is 8.61. The molecule has 5 heteroatoms. The molecule has 1 aliphatic carbocycles. The lowest BCUT2D eigenvalue weighted by molar-refractivity contribution is -0.118. The Kier molecular flexibility index (Phi) is 4.84. The lowest BCUT2D eigenvalue weighted by Crippen LogP contribution is -2.31. The second kappa shape index (κ2) is 7.17. The van der Waals surface area contributed by atoms with Gasteiger partial charge in [-0.05, 0) is 48.6 Å². The number of hydrogen-bond acceptors (Lipinski definition) is 4. The highest BCUT2D eigenvalue weighted by Gasteiger charge is 2.38. The van der Waals surface area contributed by atoms with E-state index in [1.54, 1.807) is 0 Å². The molecule has 0 unspecified atom stereocenters. The van der Waals surface area contributed by atoms with Gasteiger partial charge in [-0.2, -0.15) is 0 Å². The highest BCUT2D eigenvalue weighted by Crippen LogP contribution is 2.46. The maximum atomic E-state index is 13.2. The Balaban J connectivity index is 1.84. The smallest absolute Gasteiger partial charge is 0.163 e. The van der Waals surface area contributed by atoms with Crippen molar-refractivity contribution in [1.29, 1.82) is 0 Å². The molecule has 0 amide bonds. The fourth-order valence-electron chi connectivity index (χ4n) is 4.11. The Morgan fingerprint density at radius 2 is 1.89 bits per heavy atom. The maximum Gasteiger partial charge on any atom is 0.163 e. The standard InChI is InChI=1S/C23H25ClN2O2/c1-4-28-20-10-9-14(11-15(20)24)22-21-18(12-23(2,3)13-19(21)27)25-16-7-5-6-8-17(16)26-22/h5-11,22,25-26H,4,12-13H2,1-3H3/t22-/m0/s1. The van der Waals surface area contributed by atoms with Gasteiger partial charge in [-0.15, -0.1) is 0 Å². The van der Waals surface area contributed by atoms with Crippen molar-refractivity contribution >= 4 is 28.8 Å². The van der Waals surface area contributed by atoms with E-state index in [-0.39, 0.29) is 17.2 Å². The number of hydrogen-bond donors (Lipinski definition) is 2. The lowest BCUT2D eigenvalue weighted by atomic mass is 9.73. The van der Waals surface area contributed by atoms with Gasteiger partial charge >= 0.3 is 0 Å². The number of allylic oxidation sites excluding steroid dienone is 1. The van der Waals surface area contributed by atoms with Crippen molar-refractivity contribution in [3.63, 3.8) is 0 Å². The molecule has 2 aliphatic rings. The number of halogens is 1. The number of carbonyl (C=O) groups is 1. The molecule has 4 nitrogen and oxygen atoms in total. The lowest BCUT2D eigenvalue weighted by Gasteiger charge is -2.34. The Bertz CT molecular complexity index is 965. The molecule has 1 atom stereocenters. The van der Waals surface area contributed by atoms with Crippen molar-refractivity contribution in [2.24, 2.45) is 5.41 Å². The molecule has 146 valence electrons. The Morgan fingerprint density at radius 3 is 2.61 bits per heavy atom. The molecule has 1 heterocycles. The Hall–Kier alpha value is -2.46. The first-order valence-electron chi connectivity index (χ1n) is 9.69. The van der Waals surface area contributed by atoms with Crippen LogP contribution >= 0.6 is 11.6 Å². The molecule has 2 aromatic carbocycles. The van der Waals surface area contributed by atoms with Crippen LogP contribution in [0.15, 0.2) is 53.7 Å². The number of nitrogens with one attached hydrogen (secondary N) is 2. The van der Waals surface area contributed by atoms with Crippen LogP contribution in [0.1, 0.15) is 45.2 Å². The summed E-state index contributed by atoms with van der Waals surface area (Å²) < 4.78 is 5.57. The van der Waals surface area contributed by atoms with Gasteiger partial charge in [0, 0.05) is 17.7 Å². The summed E-state index contributed by atoms with van der Waals surface area (Å²) in [6.07, 6.45) is 1.36. The summed E-state index contributed by atoms with van der Waals surface area (Å²) in [6.45, 7) is 6.77. The third-order valence-electron chi connectivity index (χ3n) is 5.31. The number of ketones is 1. The van der Waals surface area contributed by atoms with Crippen LogP contribution in [0.4, 0.5) is 11.4 Å². The van der Waals surface area contributed by atoms with Crippen molar-refractivity contribution in [1.82, 2.24) is 0 Å². The molecule has 0 saturated carbocycles. The molecule has 4 rings (SSSR count). The summed E-state index contributed by atoms with van der Waals surface area (Å²) in [7, 11) is 0. The van der Waals surface area contributed by atoms with Crippen LogP contribution in [0.5, 0.6) is 5.75 Å². The van der Waals surface area contributed by atoms with Crippen molar-refractivity contribution in [2.45, 2.75) is 39.7 Å². The van der Waals surface area contributed by atoms with Crippen LogP contribution in [0.3, 0.4) is 0 Å². The molecule has 0 radical (unpaired) electrons. The van der Waals surface area contributed by atoms with E-state index < -0.39 is 0 Å². The SMILES string of the molecule is CCOc1ccc([C@@H]2Nc3ccccc3NC3=C2C(=O)CC(C)(C)C3)cc1Cl. The van der Waals surface area contributed by atoms with Gasteiger partial charge in [0.2, 0.25) is 0 Å². The zero-order chi connectivity index (χ0) is 19.9. The van der Waals surface area contributed by atoms with Crippen LogP contribution in [0.25, 0.3) is 0 Å². The number of benzene rings is 2. The summed E-state index contributed by atoms with van der Waals surface area (Å²) in [4.78, 5) is 13.2. The highest BCUT2D eigenvalue weighted by molar-refractivity contribution is 6.32. The van der Waals surface area contributed by atoms with E-state index in [1.807, 2.05) is 49.4 Å². The molecule has 2 N–H and O–H groups in total. The number of fused-ring (bicyclic) bond motifs is 1. The normalized spacial score (nSPS) is 20.4. The minimum Gasteiger partial charge on any atom is -0.492 e. The van der Waals surface area contributed by atoms with Gasteiger partial charge in [0.25, 0.3) is 0 Å². The van der Waals surface area contributed by atoms with E-state index in [0.717, 1.165) is 34.6 Å². The Morgan fingerprint density at radius 1 is 1.14 bits per heavy atom. The molecule has 0 bridgehead atoms. The van der Waals surface area contributed by atoms with Crippen molar-refractivity contribution < 1.29 is 9.53 Å². The quantitative estimate of drug-likeness (QED) is 0.671. The number of carbonyl (C=O) groups excluding carboxylic acids is 1. The first kappa shape index (κ1) is 18.9. The molecule has 0 spiro atoms. The molecule has 0 saturated heterocycles. The zero-order valence-electron chi connectivity index (χ0n) is 16.4. The van der Waals surface area contributed by atoms with Crippen LogP contribution in [-0.4, -0.2) is 12.4 Å². The van der Waals surface area contributed by atoms with E-state index in [2.05, 4.69) is 24.5 Å². The third-order valence-corrected chi connectivity index (χ3v) is 5.61. The predicted molar refractivity (Wildman–Crippen MR) is 114 cm³/mol. The minimum absolute atomic E-state index is 0.0663. The molecule has 2 aromatic rings. The minimum atomic E-state index is -0.261. The zero-order valence-corrected chi connectivity index (χ0v) is 17.2. The number of anilines is 2. The van der Waals surface area contributed by atoms with E-state index in [9.17, 15) is 4.79 Å². The fraction of sp³-hybridized carbons (Fsp3) is 0.348. The monoisotopic (exact) mass is 396 g/mol. The van der Waals surface area contributed by atoms with Crippen molar-refractivity contribution in [3.05, 3.63) is 64.3 Å². The third kappa shape index (κ3) is 3.49. The van der Waals surface area contributed by atoms with E-state index in [4.69, 9.17) is 16.3 Å². The molecule has 1 aliphatic heterocycles. The second-order valence-electron chi connectivity index (χ2n) is 8.20. The topological polar surface area (TPSA) is 50.4 Å². The summed E-state index contributed by atoms with van der Waals surface area (Å²) in [6, 6.07) is 13.6. The van der Waals surface area contributed by atoms with Gasteiger partial charge < -0.3 is 15.4 Å². The average Bonchev–Trinajstić information content (AvgIpc) is 2.79. The molecule has 0 fully saturated rings. The first-order chi connectivity index (χ1) is 13.4. The molecular formula is C23H25ClN2O2. The van der Waals surface area contributed by atoms with Gasteiger partial charge in [0.05, 0.1) is 29.0 Å². The van der Waals surface area contributed by atoms with Crippen molar-refractivity contribution in [2.75, 3.05) is 17.2 Å². The van der Waals surface area contributed by atoms with Crippen LogP contribution in [-0.2, 0) is 4.79 Å². The number of rotatable bonds is 3. The van der Waals surface area contributed by atoms with Gasteiger partial charge in [0.1, 0.15) is 5.75 Å². The van der Waals surface area contributed by atoms with Crippen LogP contribution in [0.2, 0.25) is 5.02 Å². The van der Waals surface area contributed by atoms with Crippen molar-refractivity contribution in [3.8, 4) is 5.75 Å². The molecule has 0 aromatic heterocycles. The summed E-state index contributed by atoms with van der Waals surface area (Å²) in [5.74, 6) is 0.833. The average molecular weight is 397 g/mol. The summed E-state index contributed by atoms with van der Waals surface area (Å²) in [5.41, 5.74) is 4.64. The summed E-state index contributed by atoms with van der Waals surface area (Å²) >= 11 is 6.46. The Labute approximate surface area is 170 Å². The van der Waals surface area contributed by atoms with Gasteiger partial charge in [-0.25, -0.2) is 0 Å². The van der Waals surface area contributed by atoms with E-state index >= 15 is 0 Å². The molecular weight excluding hydrogens is 372 g/mol. The molecule has 28 heavy (non-hydrogen) atoms. The summed E-state index contributed by atoms with van der Waals surface area (Å²) in [5, 5.41) is 7.66. The fourth-order valence-corrected chi connectivity index (χ4v) is 4.35. The van der Waals surface area contributed by atoms with Gasteiger partial charge in [0.15, 0.2) is 5.78 Å². The number of ether oxygens (including phenoxy) is 1. The van der Waals surface area contributed by atoms with Gasteiger partial charge in [-0.3, -0.25) is 4.79 Å². The van der Waals surface area contributed by atoms with E-state index in [1.165, 1.54) is 0 Å². The van der Waals surface area contributed by atoms with E-state index in [0.29, 0.717) is 23.8 Å². The van der Waals surface area contributed by atoms with Crippen LogP contribution in [0, 0.1) is 5.41 Å². The number of para-hydroxylation sites is 2. The predicted octanol–water partition coefficient (Wildman–Crippen LogP) is 5.96. The highest BCUT2D eigenvalue weighted by atomic mass is 35.5. The number of Topliss-reactive ketones (excluding diaryl/α,β-unsaturated/α-hetero) is 1. The van der Waals surface area contributed by atoms with Gasteiger partial charge in [-0.1, -0.05) is 43.6 Å².